The lowest BCUT2D eigenvalue weighted by Crippen LogP contribution is -2.50. The van der Waals surface area contributed by atoms with Crippen molar-refractivity contribution >= 4 is 12.1 Å². The average Bonchev–Trinajstić information content (AvgIpc) is 3.07. The fraction of sp³-hybridized carbons (Fsp3) is 0.600. The highest BCUT2D eigenvalue weighted by Gasteiger charge is 2.23. The molecule has 0 bridgehead atoms. The number of carbonyl (C=O) groups is 1. The number of likely N-dealkylation sites (tertiary alicyclic amines) is 1. The van der Waals surface area contributed by atoms with E-state index in [1.807, 2.05) is 12.1 Å². The van der Waals surface area contributed by atoms with Gasteiger partial charge in [-0.3, -0.25) is 4.99 Å². The van der Waals surface area contributed by atoms with Gasteiger partial charge < -0.3 is 24.7 Å². The van der Waals surface area contributed by atoms with E-state index in [1.165, 1.54) is 7.11 Å². The Bertz CT molecular complexity index is 479. The predicted molar refractivity (Wildman–Crippen MR) is 83.9 cm³/mol. The molecule has 1 aromatic heterocycles. The molecule has 1 saturated heterocycles. The summed E-state index contributed by atoms with van der Waals surface area (Å²) in [5.41, 5.74) is 0. The number of hydrogen-bond donors (Lipinski definition) is 2. The highest BCUT2D eigenvalue weighted by Crippen LogP contribution is 2.11. The summed E-state index contributed by atoms with van der Waals surface area (Å²) < 4.78 is 10.0. The van der Waals surface area contributed by atoms with Crippen molar-refractivity contribution < 1.29 is 13.9 Å². The lowest BCUT2D eigenvalue weighted by atomic mass is 10.1. The number of ether oxygens (including phenoxy) is 1. The van der Waals surface area contributed by atoms with Crippen molar-refractivity contribution in [3.05, 3.63) is 24.2 Å². The van der Waals surface area contributed by atoms with Crippen molar-refractivity contribution in [2.45, 2.75) is 25.3 Å². The summed E-state index contributed by atoms with van der Waals surface area (Å²) >= 11 is 0. The normalized spacial score (nSPS) is 16.5. The van der Waals surface area contributed by atoms with Crippen LogP contribution in [0.4, 0.5) is 4.79 Å². The second-order valence-electron chi connectivity index (χ2n) is 5.20. The molecular formula is C15H24N4O3. The van der Waals surface area contributed by atoms with Crippen LogP contribution < -0.4 is 10.6 Å². The molecule has 122 valence electrons. The van der Waals surface area contributed by atoms with Gasteiger partial charge in [-0.05, 0) is 25.0 Å². The Kier molecular flexibility index (Phi) is 6.12. The molecular weight excluding hydrogens is 284 g/mol. The highest BCUT2D eigenvalue weighted by atomic mass is 16.5. The number of rotatable bonds is 4. The second-order valence-corrected chi connectivity index (χ2v) is 5.20. The number of methoxy groups -OCH3 is 1. The van der Waals surface area contributed by atoms with E-state index in [4.69, 9.17) is 9.15 Å². The van der Waals surface area contributed by atoms with Crippen LogP contribution in [-0.2, 0) is 11.2 Å². The SMILES string of the molecule is CN=C(NCCc1ccco1)NC1CCN(C(=O)OC)CC1. The largest absolute Gasteiger partial charge is 0.469 e. The number of piperidine rings is 1. The lowest BCUT2D eigenvalue weighted by molar-refractivity contribution is 0.111. The van der Waals surface area contributed by atoms with Crippen molar-refractivity contribution in [3.8, 4) is 0 Å². The van der Waals surface area contributed by atoms with Gasteiger partial charge in [-0.2, -0.15) is 0 Å². The first kappa shape index (κ1) is 16.2. The van der Waals surface area contributed by atoms with Gasteiger partial charge in [0.15, 0.2) is 5.96 Å². The molecule has 7 heteroatoms. The Morgan fingerprint density at radius 3 is 2.86 bits per heavy atom. The van der Waals surface area contributed by atoms with Crippen LogP contribution >= 0.6 is 0 Å². The van der Waals surface area contributed by atoms with Crippen LogP contribution in [0.15, 0.2) is 27.8 Å². The molecule has 2 N–H and O–H groups in total. The van der Waals surface area contributed by atoms with Gasteiger partial charge in [-0.1, -0.05) is 0 Å². The van der Waals surface area contributed by atoms with Gasteiger partial charge in [-0.25, -0.2) is 4.79 Å². The van der Waals surface area contributed by atoms with Crippen LogP contribution in [0, 0.1) is 0 Å². The van der Waals surface area contributed by atoms with Crippen molar-refractivity contribution in [3.63, 3.8) is 0 Å². The maximum Gasteiger partial charge on any atom is 0.409 e. The van der Waals surface area contributed by atoms with E-state index < -0.39 is 0 Å². The Labute approximate surface area is 130 Å². The number of amides is 1. The quantitative estimate of drug-likeness (QED) is 0.646. The van der Waals surface area contributed by atoms with Gasteiger partial charge in [0.1, 0.15) is 5.76 Å². The topological polar surface area (TPSA) is 79.1 Å². The smallest absolute Gasteiger partial charge is 0.409 e. The Balaban J connectivity index is 1.69. The molecule has 1 aliphatic rings. The van der Waals surface area contributed by atoms with Gasteiger partial charge in [0.2, 0.25) is 0 Å². The summed E-state index contributed by atoms with van der Waals surface area (Å²) in [7, 11) is 3.17. The number of nitrogens with zero attached hydrogens (tertiary/aromatic N) is 2. The second kappa shape index (κ2) is 8.31. The minimum Gasteiger partial charge on any atom is -0.469 e. The van der Waals surface area contributed by atoms with E-state index in [0.717, 1.165) is 37.5 Å². The third-order valence-corrected chi connectivity index (χ3v) is 3.74. The van der Waals surface area contributed by atoms with E-state index >= 15 is 0 Å². The summed E-state index contributed by atoms with van der Waals surface area (Å²) in [6.07, 6.45) is 4.01. The summed E-state index contributed by atoms with van der Waals surface area (Å²) in [5, 5.41) is 6.67. The van der Waals surface area contributed by atoms with Gasteiger partial charge in [0, 0.05) is 39.1 Å². The zero-order valence-corrected chi connectivity index (χ0v) is 13.2. The first-order chi connectivity index (χ1) is 10.7. The Morgan fingerprint density at radius 1 is 1.50 bits per heavy atom. The zero-order valence-electron chi connectivity index (χ0n) is 13.2. The van der Waals surface area contributed by atoms with Crippen LogP contribution in [0.1, 0.15) is 18.6 Å². The third kappa shape index (κ3) is 4.68. The van der Waals surface area contributed by atoms with Gasteiger partial charge in [0.05, 0.1) is 13.4 Å². The number of furan rings is 1. The first-order valence-electron chi connectivity index (χ1n) is 7.55. The van der Waals surface area contributed by atoms with Crippen LogP contribution in [0.5, 0.6) is 0 Å². The monoisotopic (exact) mass is 308 g/mol. The molecule has 0 aromatic carbocycles. The number of carbonyl (C=O) groups excluding carboxylic acids is 1. The summed E-state index contributed by atoms with van der Waals surface area (Å²) in [4.78, 5) is 17.4. The molecule has 2 heterocycles. The van der Waals surface area contributed by atoms with E-state index in [-0.39, 0.29) is 6.09 Å². The van der Waals surface area contributed by atoms with Gasteiger partial charge >= 0.3 is 6.09 Å². The van der Waals surface area contributed by atoms with E-state index in [2.05, 4.69) is 15.6 Å². The van der Waals surface area contributed by atoms with Crippen LogP contribution in [0.3, 0.4) is 0 Å². The number of hydrogen-bond acceptors (Lipinski definition) is 4. The van der Waals surface area contributed by atoms with Gasteiger partial charge in [-0.15, -0.1) is 0 Å². The molecule has 1 fully saturated rings. The minimum absolute atomic E-state index is 0.251. The number of nitrogens with one attached hydrogen (secondary N) is 2. The maximum absolute atomic E-state index is 11.4. The fourth-order valence-corrected chi connectivity index (χ4v) is 2.48. The van der Waals surface area contributed by atoms with E-state index in [0.29, 0.717) is 19.1 Å². The molecule has 0 atom stereocenters. The highest BCUT2D eigenvalue weighted by molar-refractivity contribution is 5.80. The molecule has 0 aliphatic carbocycles. The Morgan fingerprint density at radius 2 is 2.27 bits per heavy atom. The standard InChI is InChI=1S/C15H24N4O3/c1-16-14(17-8-5-13-4-3-11-22-13)18-12-6-9-19(10-7-12)15(20)21-2/h3-4,11-12H,5-10H2,1-2H3,(H2,16,17,18). The number of aliphatic imine (C=N–C) groups is 1. The molecule has 1 amide bonds. The summed E-state index contributed by atoms with van der Waals surface area (Å²) in [6.45, 7) is 2.16. The lowest BCUT2D eigenvalue weighted by Gasteiger charge is -2.32. The van der Waals surface area contributed by atoms with Crippen molar-refractivity contribution in [2.75, 3.05) is 33.8 Å². The molecule has 22 heavy (non-hydrogen) atoms. The van der Waals surface area contributed by atoms with Crippen LogP contribution in [0.2, 0.25) is 0 Å². The third-order valence-electron chi connectivity index (χ3n) is 3.74. The van der Waals surface area contributed by atoms with Crippen molar-refractivity contribution in [1.29, 1.82) is 0 Å². The molecule has 0 spiro atoms. The molecule has 1 aliphatic heterocycles. The average molecular weight is 308 g/mol. The number of guanidine groups is 1. The van der Waals surface area contributed by atoms with Crippen molar-refractivity contribution in [2.24, 2.45) is 4.99 Å². The maximum atomic E-state index is 11.4. The van der Waals surface area contributed by atoms with Crippen molar-refractivity contribution in [1.82, 2.24) is 15.5 Å². The summed E-state index contributed by atoms with van der Waals surface area (Å²) in [5.74, 6) is 1.73. The van der Waals surface area contributed by atoms with E-state index in [9.17, 15) is 4.79 Å². The molecule has 1 aromatic rings. The molecule has 7 nitrogen and oxygen atoms in total. The minimum atomic E-state index is -0.251. The molecule has 0 radical (unpaired) electrons. The Hall–Kier alpha value is -2.18. The summed E-state index contributed by atoms with van der Waals surface area (Å²) in [6, 6.07) is 4.16. The zero-order chi connectivity index (χ0) is 15.8. The molecule has 2 rings (SSSR count). The van der Waals surface area contributed by atoms with Crippen LogP contribution in [0.25, 0.3) is 0 Å². The van der Waals surface area contributed by atoms with Crippen LogP contribution in [-0.4, -0.2) is 56.8 Å². The first-order valence-corrected chi connectivity index (χ1v) is 7.55. The van der Waals surface area contributed by atoms with E-state index in [1.54, 1.807) is 18.2 Å². The predicted octanol–water partition coefficient (Wildman–Crippen LogP) is 1.22. The molecule has 0 saturated carbocycles. The van der Waals surface area contributed by atoms with Gasteiger partial charge in [0.25, 0.3) is 0 Å². The molecule has 0 unspecified atom stereocenters. The fourth-order valence-electron chi connectivity index (χ4n) is 2.48.